The summed E-state index contributed by atoms with van der Waals surface area (Å²) in [5.41, 5.74) is 0. The average molecular weight is 360 g/mol. The van der Waals surface area contributed by atoms with Crippen LogP contribution in [0.25, 0.3) is 0 Å². The molecule has 2 rings (SSSR count). The van der Waals surface area contributed by atoms with Gasteiger partial charge in [0, 0.05) is 19.1 Å². The lowest BCUT2D eigenvalue weighted by Crippen LogP contribution is -2.53. The number of thiophene rings is 1. The lowest BCUT2D eigenvalue weighted by Gasteiger charge is -2.34. The second-order valence-corrected chi connectivity index (χ2v) is 6.64. The van der Waals surface area contributed by atoms with Gasteiger partial charge in [0.2, 0.25) is 5.91 Å². The summed E-state index contributed by atoms with van der Waals surface area (Å²) in [6.45, 7) is 6.21. The van der Waals surface area contributed by atoms with Crippen molar-refractivity contribution in [3.05, 3.63) is 22.4 Å². The number of carbonyl (C=O) groups is 2. The monoisotopic (exact) mass is 359 g/mol. The third kappa shape index (κ3) is 5.48. The first-order valence-electron chi connectivity index (χ1n) is 7.99. The first kappa shape index (κ1) is 19.9. The molecule has 1 saturated heterocycles. The lowest BCUT2D eigenvalue weighted by atomic mass is 10.0. The third-order valence-electron chi connectivity index (χ3n) is 3.93. The van der Waals surface area contributed by atoms with Gasteiger partial charge >= 0.3 is 0 Å². The predicted molar refractivity (Wildman–Crippen MR) is 96.4 cm³/mol. The number of halogens is 1. The number of piperidine rings is 1. The minimum atomic E-state index is -0.336. The minimum absolute atomic E-state index is 0. The molecule has 2 heterocycles. The maximum Gasteiger partial charge on any atom is 0.264 e. The van der Waals surface area contributed by atoms with Crippen molar-refractivity contribution in [2.45, 2.75) is 45.2 Å². The molecular formula is C16H26ClN3O2S. The molecule has 130 valence electrons. The second kappa shape index (κ2) is 9.90. The molecule has 1 aliphatic heterocycles. The molecule has 0 spiro atoms. The summed E-state index contributed by atoms with van der Waals surface area (Å²) in [5, 5.41) is 8.13. The molecule has 0 saturated carbocycles. The second-order valence-electron chi connectivity index (χ2n) is 5.69. The normalized spacial score (nSPS) is 18.9. The number of amides is 2. The standard InChI is InChI=1S/C16H25N3O2S.ClH/c1-3-17-12(2)11-18-15(20)13-7-4-5-9-19(13)16(21)14-8-6-10-22-14;/h6,8,10,12-13,17H,3-5,7,9,11H2,1-2H3,(H,18,20);1H/t12-,13?;/m1./s1. The number of likely N-dealkylation sites (N-methyl/N-ethyl adjacent to an activating group) is 1. The Bertz CT molecular complexity index is 496. The summed E-state index contributed by atoms with van der Waals surface area (Å²) in [4.78, 5) is 27.5. The van der Waals surface area contributed by atoms with Gasteiger partial charge in [-0.05, 0) is 44.2 Å². The van der Waals surface area contributed by atoms with Crippen LogP contribution in [-0.2, 0) is 4.79 Å². The Morgan fingerprint density at radius 3 is 2.87 bits per heavy atom. The number of likely N-dealkylation sites (tertiary alicyclic amines) is 1. The van der Waals surface area contributed by atoms with Crippen molar-refractivity contribution >= 4 is 35.6 Å². The molecule has 7 heteroatoms. The van der Waals surface area contributed by atoms with Crippen LogP contribution < -0.4 is 10.6 Å². The summed E-state index contributed by atoms with van der Waals surface area (Å²) in [7, 11) is 0. The quantitative estimate of drug-likeness (QED) is 0.819. The van der Waals surface area contributed by atoms with E-state index in [-0.39, 0.29) is 36.3 Å². The number of nitrogens with zero attached hydrogens (tertiary/aromatic N) is 1. The molecule has 2 N–H and O–H groups in total. The van der Waals surface area contributed by atoms with Gasteiger partial charge in [-0.15, -0.1) is 23.7 Å². The van der Waals surface area contributed by atoms with Crippen LogP contribution in [0, 0.1) is 0 Å². The molecule has 0 bridgehead atoms. The van der Waals surface area contributed by atoms with Gasteiger partial charge in [-0.1, -0.05) is 13.0 Å². The molecule has 0 aromatic carbocycles. The molecule has 0 radical (unpaired) electrons. The summed E-state index contributed by atoms with van der Waals surface area (Å²) >= 11 is 1.43. The molecule has 1 fully saturated rings. The lowest BCUT2D eigenvalue weighted by molar-refractivity contribution is -0.126. The van der Waals surface area contributed by atoms with E-state index in [1.807, 2.05) is 31.4 Å². The first-order chi connectivity index (χ1) is 10.6. The van der Waals surface area contributed by atoms with Crippen molar-refractivity contribution < 1.29 is 9.59 Å². The first-order valence-corrected chi connectivity index (χ1v) is 8.87. The Hall–Kier alpha value is -1.11. The molecule has 1 aromatic rings. The van der Waals surface area contributed by atoms with Gasteiger partial charge in [-0.2, -0.15) is 0 Å². The highest BCUT2D eigenvalue weighted by Gasteiger charge is 2.32. The van der Waals surface area contributed by atoms with E-state index in [2.05, 4.69) is 10.6 Å². The van der Waals surface area contributed by atoms with Crippen LogP contribution in [-0.4, -0.2) is 48.4 Å². The van der Waals surface area contributed by atoms with E-state index in [0.717, 1.165) is 25.8 Å². The van der Waals surface area contributed by atoms with Crippen molar-refractivity contribution in [2.75, 3.05) is 19.6 Å². The number of rotatable bonds is 6. The van der Waals surface area contributed by atoms with Gasteiger partial charge in [0.05, 0.1) is 4.88 Å². The summed E-state index contributed by atoms with van der Waals surface area (Å²) in [5.74, 6) is -0.0519. The van der Waals surface area contributed by atoms with E-state index >= 15 is 0 Å². The topological polar surface area (TPSA) is 61.4 Å². The summed E-state index contributed by atoms with van der Waals surface area (Å²) in [6.07, 6.45) is 2.71. The fraction of sp³-hybridized carbons (Fsp3) is 0.625. The van der Waals surface area contributed by atoms with Crippen molar-refractivity contribution in [2.24, 2.45) is 0 Å². The maximum absolute atomic E-state index is 12.6. The number of carbonyl (C=O) groups excluding carboxylic acids is 2. The number of hydrogen-bond acceptors (Lipinski definition) is 4. The van der Waals surface area contributed by atoms with Crippen LogP contribution in [0.4, 0.5) is 0 Å². The van der Waals surface area contributed by atoms with Crippen LogP contribution in [0.2, 0.25) is 0 Å². The zero-order valence-electron chi connectivity index (χ0n) is 13.7. The van der Waals surface area contributed by atoms with E-state index in [0.29, 0.717) is 18.0 Å². The highest BCUT2D eigenvalue weighted by atomic mass is 35.5. The summed E-state index contributed by atoms with van der Waals surface area (Å²) in [6, 6.07) is 3.59. The molecule has 2 amide bonds. The van der Waals surface area contributed by atoms with Crippen molar-refractivity contribution in [1.82, 2.24) is 15.5 Å². The Labute approximate surface area is 148 Å². The van der Waals surface area contributed by atoms with Gasteiger partial charge in [-0.3, -0.25) is 9.59 Å². The fourth-order valence-electron chi connectivity index (χ4n) is 2.78. The van der Waals surface area contributed by atoms with E-state index < -0.39 is 0 Å². The highest BCUT2D eigenvalue weighted by molar-refractivity contribution is 7.12. The molecule has 0 aliphatic carbocycles. The van der Waals surface area contributed by atoms with Crippen molar-refractivity contribution in [3.63, 3.8) is 0 Å². The van der Waals surface area contributed by atoms with Crippen molar-refractivity contribution in [1.29, 1.82) is 0 Å². The van der Waals surface area contributed by atoms with E-state index in [9.17, 15) is 9.59 Å². The van der Waals surface area contributed by atoms with Gasteiger partial charge in [0.1, 0.15) is 6.04 Å². The van der Waals surface area contributed by atoms with E-state index in [1.54, 1.807) is 4.90 Å². The van der Waals surface area contributed by atoms with Crippen LogP contribution >= 0.6 is 23.7 Å². The Morgan fingerprint density at radius 1 is 1.43 bits per heavy atom. The Morgan fingerprint density at radius 2 is 2.22 bits per heavy atom. The van der Waals surface area contributed by atoms with Crippen LogP contribution in [0.3, 0.4) is 0 Å². The molecule has 5 nitrogen and oxygen atoms in total. The Kier molecular flexibility index (Phi) is 8.58. The largest absolute Gasteiger partial charge is 0.353 e. The smallest absolute Gasteiger partial charge is 0.264 e. The van der Waals surface area contributed by atoms with Crippen molar-refractivity contribution in [3.8, 4) is 0 Å². The molecule has 2 atom stereocenters. The molecule has 23 heavy (non-hydrogen) atoms. The molecular weight excluding hydrogens is 334 g/mol. The maximum atomic E-state index is 12.6. The van der Waals surface area contributed by atoms with Crippen LogP contribution in [0.1, 0.15) is 42.8 Å². The van der Waals surface area contributed by atoms with E-state index in [4.69, 9.17) is 0 Å². The molecule has 1 unspecified atom stereocenters. The zero-order valence-corrected chi connectivity index (χ0v) is 15.3. The molecule has 1 aliphatic rings. The zero-order chi connectivity index (χ0) is 15.9. The predicted octanol–water partition coefficient (Wildman–Crippen LogP) is 2.28. The van der Waals surface area contributed by atoms with Crippen LogP contribution in [0.15, 0.2) is 17.5 Å². The number of nitrogens with one attached hydrogen (secondary N) is 2. The molecule has 1 aromatic heterocycles. The van der Waals surface area contributed by atoms with Gasteiger partial charge in [0.15, 0.2) is 0 Å². The third-order valence-corrected chi connectivity index (χ3v) is 4.79. The summed E-state index contributed by atoms with van der Waals surface area (Å²) < 4.78 is 0. The van der Waals surface area contributed by atoms with Crippen LogP contribution in [0.5, 0.6) is 0 Å². The SMILES string of the molecule is CCN[C@H](C)CNC(=O)C1CCCCN1C(=O)c1cccs1.Cl. The average Bonchev–Trinajstić information content (AvgIpc) is 3.06. The van der Waals surface area contributed by atoms with Gasteiger partial charge < -0.3 is 15.5 Å². The fourth-order valence-corrected chi connectivity index (χ4v) is 3.46. The van der Waals surface area contributed by atoms with Gasteiger partial charge in [0.25, 0.3) is 5.91 Å². The highest BCUT2D eigenvalue weighted by Crippen LogP contribution is 2.21. The van der Waals surface area contributed by atoms with E-state index in [1.165, 1.54) is 11.3 Å². The minimum Gasteiger partial charge on any atom is -0.353 e. The number of hydrogen-bond donors (Lipinski definition) is 2. The Balaban J connectivity index is 0.00000264. The van der Waals surface area contributed by atoms with Gasteiger partial charge in [-0.25, -0.2) is 0 Å².